The molecule has 220 valence electrons. The van der Waals surface area contributed by atoms with Crippen molar-refractivity contribution in [1.82, 2.24) is 15.0 Å². The molecule has 3 heterocycles. The lowest BCUT2D eigenvalue weighted by Gasteiger charge is -2.10. The van der Waals surface area contributed by atoms with Gasteiger partial charge in [-0.3, -0.25) is 0 Å². The Labute approximate surface area is 276 Å². The first-order valence-electron chi connectivity index (χ1n) is 15.7. The van der Waals surface area contributed by atoms with E-state index in [4.69, 9.17) is 15.0 Å². The number of para-hydroxylation sites is 1. The van der Waals surface area contributed by atoms with E-state index >= 15 is 0 Å². The van der Waals surface area contributed by atoms with Crippen molar-refractivity contribution < 1.29 is 0 Å². The van der Waals surface area contributed by atoms with Gasteiger partial charge in [0.2, 0.25) is 0 Å². The third-order valence-electron chi connectivity index (χ3n) is 8.73. The molecule has 0 saturated heterocycles. The van der Waals surface area contributed by atoms with Crippen LogP contribution in [0.5, 0.6) is 0 Å². The number of pyridine rings is 1. The Hall–Kier alpha value is -5.97. The average Bonchev–Trinajstić information content (AvgIpc) is 3.53. The molecule has 0 fully saturated rings. The number of fused-ring (bicyclic) bond motifs is 4. The van der Waals surface area contributed by atoms with Crippen molar-refractivity contribution in [2.24, 2.45) is 0 Å². The molecule has 3 nitrogen and oxygen atoms in total. The maximum Gasteiger partial charge on any atom is 0.179 e. The molecular weight excluding hydrogens is 591 g/mol. The first kappa shape index (κ1) is 27.3. The van der Waals surface area contributed by atoms with Crippen LogP contribution < -0.4 is 0 Å². The molecular formula is C43H27N3S. The van der Waals surface area contributed by atoms with Crippen LogP contribution in [0.2, 0.25) is 0 Å². The number of thiophene rings is 1. The highest BCUT2D eigenvalue weighted by Crippen LogP contribution is 2.37. The van der Waals surface area contributed by atoms with Gasteiger partial charge in [0.25, 0.3) is 0 Å². The van der Waals surface area contributed by atoms with Crippen molar-refractivity contribution in [2.75, 3.05) is 0 Å². The topological polar surface area (TPSA) is 38.7 Å². The second-order valence-electron chi connectivity index (χ2n) is 11.7. The Morgan fingerprint density at radius 3 is 1.68 bits per heavy atom. The van der Waals surface area contributed by atoms with Gasteiger partial charge in [0.1, 0.15) is 5.69 Å². The molecule has 3 aromatic heterocycles. The summed E-state index contributed by atoms with van der Waals surface area (Å²) in [5, 5.41) is 3.74. The monoisotopic (exact) mass is 617 g/mol. The average molecular weight is 618 g/mol. The van der Waals surface area contributed by atoms with Crippen LogP contribution in [0.15, 0.2) is 164 Å². The Morgan fingerprint density at radius 1 is 0.340 bits per heavy atom. The standard InChI is InChI=1S/C43H27N3S/c1-2-8-31(9-3-1)39-27-40(46-43(45-39)38-24-22-32-10-4-6-12-37(32)44-38)33-20-18-29(19-21-33)28-14-16-30(17-15-28)34-23-25-42-36(26-34)35-11-5-7-13-41(35)47-42/h1-27H. The van der Waals surface area contributed by atoms with Gasteiger partial charge in [0, 0.05) is 36.7 Å². The third kappa shape index (κ3) is 5.15. The van der Waals surface area contributed by atoms with Crippen LogP contribution in [-0.4, -0.2) is 15.0 Å². The molecule has 0 radical (unpaired) electrons. The molecule has 9 aromatic rings. The van der Waals surface area contributed by atoms with Crippen LogP contribution in [0.3, 0.4) is 0 Å². The van der Waals surface area contributed by atoms with E-state index in [1.165, 1.54) is 36.9 Å². The van der Waals surface area contributed by atoms with Crippen LogP contribution >= 0.6 is 11.3 Å². The van der Waals surface area contributed by atoms with Gasteiger partial charge in [-0.05, 0) is 58.7 Å². The molecule has 0 saturated carbocycles. The first-order valence-corrected chi connectivity index (χ1v) is 16.5. The van der Waals surface area contributed by atoms with Crippen molar-refractivity contribution in [3.05, 3.63) is 164 Å². The maximum atomic E-state index is 5.02. The van der Waals surface area contributed by atoms with Gasteiger partial charge in [-0.2, -0.15) is 0 Å². The number of aromatic nitrogens is 3. The van der Waals surface area contributed by atoms with Gasteiger partial charge in [-0.25, -0.2) is 15.0 Å². The number of hydrogen-bond donors (Lipinski definition) is 0. The van der Waals surface area contributed by atoms with E-state index in [0.717, 1.165) is 44.7 Å². The second-order valence-corrected chi connectivity index (χ2v) is 12.8. The largest absolute Gasteiger partial charge is 0.244 e. The van der Waals surface area contributed by atoms with Gasteiger partial charge >= 0.3 is 0 Å². The SMILES string of the molecule is c1ccc(-c2cc(-c3ccc(-c4ccc(-c5ccc6sc7ccccc7c6c5)cc4)cc3)nc(-c3ccc4ccccc4n3)n2)cc1. The van der Waals surface area contributed by atoms with Crippen molar-refractivity contribution in [1.29, 1.82) is 0 Å². The second kappa shape index (κ2) is 11.4. The van der Waals surface area contributed by atoms with Crippen LogP contribution in [0.25, 0.3) is 87.4 Å². The quantitative estimate of drug-likeness (QED) is 0.193. The molecule has 0 aliphatic heterocycles. The van der Waals surface area contributed by atoms with E-state index in [1.54, 1.807) is 0 Å². The summed E-state index contributed by atoms with van der Waals surface area (Å²) in [6.45, 7) is 0. The van der Waals surface area contributed by atoms with Crippen LogP contribution in [-0.2, 0) is 0 Å². The Morgan fingerprint density at radius 2 is 0.915 bits per heavy atom. The van der Waals surface area contributed by atoms with E-state index in [9.17, 15) is 0 Å². The summed E-state index contributed by atoms with van der Waals surface area (Å²) in [7, 11) is 0. The fraction of sp³-hybridized carbons (Fsp3) is 0. The molecule has 0 amide bonds. The number of hydrogen-bond acceptors (Lipinski definition) is 4. The van der Waals surface area contributed by atoms with Gasteiger partial charge in [0.15, 0.2) is 5.82 Å². The van der Waals surface area contributed by atoms with Crippen molar-refractivity contribution >= 4 is 42.4 Å². The molecule has 6 aromatic carbocycles. The van der Waals surface area contributed by atoms with Crippen molar-refractivity contribution in [3.63, 3.8) is 0 Å². The lowest BCUT2D eigenvalue weighted by Crippen LogP contribution is -1.97. The molecule has 47 heavy (non-hydrogen) atoms. The van der Waals surface area contributed by atoms with Gasteiger partial charge in [-0.1, -0.05) is 127 Å². The summed E-state index contributed by atoms with van der Waals surface area (Å²) >= 11 is 1.85. The van der Waals surface area contributed by atoms with Gasteiger partial charge in [0.05, 0.1) is 16.9 Å². The minimum Gasteiger partial charge on any atom is -0.244 e. The highest BCUT2D eigenvalue weighted by atomic mass is 32.1. The smallest absolute Gasteiger partial charge is 0.179 e. The summed E-state index contributed by atoms with van der Waals surface area (Å²) in [5.41, 5.74) is 10.3. The lowest BCUT2D eigenvalue weighted by molar-refractivity contribution is 1.16. The van der Waals surface area contributed by atoms with Crippen LogP contribution in [0, 0.1) is 0 Å². The predicted molar refractivity (Wildman–Crippen MR) is 197 cm³/mol. The summed E-state index contributed by atoms with van der Waals surface area (Å²) < 4.78 is 2.66. The Bertz CT molecular complexity index is 2550. The Kier molecular flexibility index (Phi) is 6.65. The molecule has 0 aliphatic rings. The summed E-state index contributed by atoms with van der Waals surface area (Å²) in [6.07, 6.45) is 0. The summed E-state index contributed by atoms with van der Waals surface area (Å²) in [4.78, 5) is 14.9. The highest BCUT2D eigenvalue weighted by molar-refractivity contribution is 7.25. The zero-order valence-corrected chi connectivity index (χ0v) is 26.2. The normalized spacial score (nSPS) is 11.4. The van der Waals surface area contributed by atoms with E-state index in [-0.39, 0.29) is 0 Å². The minimum atomic E-state index is 0.611. The molecule has 0 N–H and O–H groups in total. The fourth-order valence-corrected chi connectivity index (χ4v) is 7.34. The zero-order chi connectivity index (χ0) is 31.2. The minimum absolute atomic E-state index is 0.611. The number of rotatable bonds is 5. The Balaban J connectivity index is 1.04. The lowest BCUT2D eigenvalue weighted by atomic mass is 9.98. The fourth-order valence-electron chi connectivity index (χ4n) is 6.25. The van der Waals surface area contributed by atoms with Crippen molar-refractivity contribution in [2.45, 2.75) is 0 Å². The zero-order valence-electron chi connectivity index (χ0n) is 25.3. The third-order valence-corrected chi connectivity index (χ3v) is 9.88. The highest BCUT2D eigenvalue weighted by Gasteiger charge is 2.13. The van der Waals surface area contributed by atoms with Crippen LogP contribution in [0.1, 0.15) is 0 Å². The molecule has 0 unspecified atom stereocenters. The molecule has 4 heteroatoms. The molecule has 0 atom stereocenters. The van der Waals surface area contributed by atoms with E-state index in [2.05, 4.69) is 121 Å². The van der Waals surface area contributed by atoms with Crippen LogP contribution in [0.4, 0.5) is 0 Å². The van der Waals surface area contributed by atoms with Gasteiger partial charge in [-0.15, -0.1) is 11.3 Å². The molecule has 0 aliphatic carbocycles. The van der Waals surface area contributed by atoms with E-state index < -0.39 is 0 Å². The van der Waals surface area contributed by atoms with Crippen molar-refractivity contribution in [3.8, 4) is 56.3 Å². The van der Waals surface area contributed by atoms with E-state index in [0.29, 0.717) is 5.82 Å². The summed E-state index contributed by atoms with van der Waals surface area (Å²) in [6, 6.07) is 57.5. The predicted octanol–water partition coefficient (Wildman–Crippen LogP) is 11.7. The first-order chi connectivity index (χ1) is 23.2. The molecule has 9 rings (SSSR count). The number of benzene rings is 6. The maximum absolute atomic E-state index is 5.02. The number of nitrogens with zero attached hydrogens (tertiary/aromatic N) is 3. The van der Waals surface area contributed by atoms with E-state index in [1.807, 2.05) is 53.8 Å². The summed E-state index contributed by atoms with van der Waals surface area (Å²) in [5.74, 6) is 0.611. The molecule has 0 spiro atoms. The molecule has 0 bridgehead atoms. The van der Waals surface area contributed by atoms with Gasteiger partial charge < -0.3 is 0 Å².